The molecule has 0 radical (unpaired) electrons. The molecule has 0 saturated heterocycles. The topological polar surface area (TPSA) is 26.0 Å². The number of hydrogen-bond donors (Lipinski definition) is 1. The van der Waals surface area contributed by atoms with Gasteiger partial charge < -0.3 is 5.73 Å². The molecule has 1 saturated carbocycles. The van der Waals surface area contributed by atoms with E-state index < -0.39 is 6.67 Å². The summed E-state index contributed by atoms with van der Waals surface area (Å²) in [5.74, 6) is 0.589. The van der Waals surface area contributed by atoms with Crippen LogP contribution in [0.3, 0.4) is 0 Å². The first kappa shape index (κ1) is 8.54. The zero-order valence-electron chi connectivity index (χ0n) is 7.59. The monoisotopic (exact) mass is 179 g/mol. The molecule has 0 aromatic heterocycles. The van der Waals surface area contributed by atoms with Crippen LogP contribution in [0.1, 0.15) is 36.3 Å². The molecule has 0 spiro atoms. The summed E-state index contributed by atoms with van der Waals surface area (Å²) in [6, 6.07) is 5.61. The maximum Gasteiger partial charge on any atom is 0.115 e. The van der Waals surface area contributed by atoms with Crippen LogP contribution in [0.25, 0.3) is 0 Å². The molecule has 0 amide bonds. The van der Waals surface area contributed by atoms with Crippen LogP contribution >= 0.6 is 0 Å². The van der Waals surface area contributed by atoms with E-state index >= 15 is 0 Å². The SMILES string of the molecule is Nc1ccc(C2CCC2)c(CF)c1. The fraction of sp³-hybridized carbons (Fsp3) is 0.455. The molecular weight excluding hydrogens is 165 g/mol. The molecule has 1 aromatic carbocycles. The zero-order chi connectivity index (χ0) is 9.26. The third-order valence-electron chi connectivity index (χ3n) is 2.86. The van der Waals surface area contributed by atoms with E-state index in [9.17, 15) is 4.39 Å². The number of benzene rings is 1. The Hall–Kier alpha value is -1.05. The minimum absolute atomic E-state index is 0.392. The van der Waals surface area contributed by atoms with Crippen molar-refractivity contribution >= 4 is 5.69 Å². The summed E-state index contributed by atoms with van der Waals surface area (Å²) in [4.78, 5) is 0. The van der Waals surface area contributed by atoms with Gasteiger partial charge in [-0.3, -0.25) is 0 Å². The third-order valence-corrected chi connectivity index (χ3v) is 2.86. The van der Waals surface area contributed by atoms with Crippen molar-refractivity contribution in [3.05, 3.63) is 29.3 Å². The summed E-state index contributed by atoms with van der Waals surface area (Å²) >= 11 is 0. The highest BCUT2D eigenvalue weighted by Crippen LogP contribution is 2.38. The lowest BCUT2D eigenvalue weighted by Gasteiger charge is -2.27. The molecule has 1 fully saturated rings. The maximum absolute atomic E-state index is 12.6. The summed E-state index contributed by atoms with van der Waals surface area (Å²) < 4.78 is 12.6. The highest BCUT2D eigenvalue weighted by atomic mass is 19.1. The molecule has 2 N–H and O–H groups in total. The van der Waals surface area contributed by atoms with Crippen LogP contribution in [0.2, 0.25) is 0 Å². The molecule has 70 valence electrons. The van der Waals surface area contributed by atoms with E-state index in [1.165, 1.54) is 24.8 Å². The van der Waals surface area contributed by atoms with Gasteiger partial charge in [-0.25, -0.2) is 4.39 Å². The molecule has 0 atom stereocenters. The van der Waals surface area contributed by atoms with E-state index in [4.69, 9.17) is 5.73 Å². The quantitative estimate of drug-likeness (QED) is 0.694. The van der Waals surface area contributed by atoms with Gasteiger partial charge in [-0.15, -0.1) is 0 Å². The number of rotatable bonds is 2. The van der Waals surface area contributed by atoms with E-state index in [0.717, 1.165) is 5.56 Å². The minimum Gasteiger partial charge on any atom is -0.399 e. The molecule has 1 aliphatic carbocycles. The fourth-order valence-electron chi connectivity index (χ4n) is 1.86. The summed E-state index contributed by atoms with van der Waals surface area (Å²) in [5, 5.41) is 0. The second-order valence-electron chi connectivity index (χ2n) is 3.72. The van der Waals surface area contributed by atoms with Crippen LogP contribution in [0, 0.1) is 0 Å². The van der Waals surface area contributed by atoms with Gasteiger partial charge in [0.05, 0.1) is 0 Å². The van der Waals surface area contributed by atoms with Gasteiger partial charge in [-0.05, 0) is 42.0 Å². The zero-order valence-corrected chi connectivity index (χ0v) is 7.59. The van der Waals surface area contributed by atoms with Gasteiger partial charge >= 0.3 is 0 Å². The predicted molar refractivity (Wildman–Crippen MR) is 52.3 cm³/mol. The van der Waals surface area contributed by atoms with Crippen LogP contribution < -0.4 is 5.73 Å². The van der Waals surface area contributed by atoms with Gasteiger partial charge in [0.15, 0.2) is 0 Å². The molecule has 2 heteroatoms. The van der Waals surface area contributed by atoms with Crippen molar-refractivity contribution in [2.24, 2.45) is 0 Å². The Morgan fingerprint density at radius 1 is 1.38 bits per heavy atom. The molecular formula is C11H14FN. The van der Waals surface area contributed by atoms with Crippen molar-refractivity contribution in [3.8, 4) is 0 Å². The van der Waals surface area contributed by atoms with Gasteiger partial charge in [0.25, 0.3) is 0 Å². The lowest BCUT2D eigenvalue weighted by Crippen LogP contribution is -2.11. The number of alkyl halides is 1. The molecule has 1 aliphatic rings. The second-order valence-corrected chi connectivity index (χ2v) is 3.72. The number of nitrogen functional groups attached to an aromatic ring is 1. The van der Waals surface area contributed by atoms with Gasteiger partial charge in [0.2, 0.25) is 0 Å². The van der Waals surface area contributed by atoms with Crippen LogP contribution in [-0.4, -0.2) is 0 Å². The van der Waals surface area contributed by atoms with E-state index in [1.54, 1.807) is 6.07 Å². The summed E-state index contributed by atoms with van der Waals surface area (Å²) in [5.41, 5.74) is 8.21. The normalized spacial score (nSPS) is 17.0. The van der Waals surface area contributed by atoms with Gasteiger partial charge in [0.1, 0.15) is 6.67 Å². The highest BCUT2D eigenvalue weighted by Gasteiger charge is 2.21. The van der Waals surface area contributed by atoms with Crippen molar-refractivity contribution in [1.29, 1.82) is 0 Å². The number of nitrogens with two attached hydrogens (primary N) is 1. The Labute approximate surface area is 77.8 Å². The maximum atomic E-state index is 12.6. The fourth-order valence-corrected chi connectivity index (χ4v) is 1.86. The third kappa shape index (κ3) is 1.53. The predicted octanol–water partition coefficient (Wildman–Crippen LogP) is 3.01. The first-order valence-electron chi connectivity index (χ1n) is 4.75. The van der Waals surface area contributed by atoms with E-state index in [0.29, 0.717) is 11.6 Å². The first-order chi connectivity index (χ1) is 6.31. The molecule has 13 heavy (non-hydrogen) atoms. The van der Waals surface area contributed by atoms with Crippen LogP contribution in [0.15, 0.2) is 18.2 Å². The molecule has 0 bridgehead atoms. The van der Waals surface area contributed by atoms with E-state index in [2.05, 4.69) is 0 Å². The first-order valence-corrected chi connectivity index (χ1v) is 4.75. The number of halogens is 1. The summed E-state index contributed by atoms with van der Waals surface area (Å²) in [6.45, 7) is -0.392. The molecule has 0 unspecified atom stereocenters. The van der Waals surface area contributed by atoms with Crippen molar-refractivity contribution in [3.63, 3.8) is 0 Å². The summed E-state index contributed by atoms with van der Waals surface area (Å²) in [7, 11) is 0. The van der Waals surface area contributed by atoms with Crippen molar-refractivity contribution in [2.75, 3.05) is 5.73 Å². The highest BCUT2D eigenvalue weighted by molar-refractivity contribution is 5.46. The second kappa shape index (κ2) is 3.36. The standard InChI is InChI=1S/C11H14FN/c12-7-9-6-10(13)4-5-11(9)8-2-1-3-8/h4-6,8H,1-3,7,13H2. The van der Waals surface area contributed by atoms with Crippen molar-refractivity contribution in [2.45, 2.75) is 31.9 Å². The molecule has 0 aliphatic heterocycles. The average molecular weight is 179 g/mol. The molecule has 2 rings (SSSR count). The van der Waals surface area contributed by atoms with Crippen molar-refractivity contribution < 1.29 is 4.39 Å². The van der Waals surface area contributed by atoms with E-state index in [-0.39, 0.29) is 0 Å². The van der Waals surface area contributed by atoms with Crippen molar-refractivity contribution in [1.82, 2.24) is 0 Å². The minimum atomic E-state index is -0.392. The Kier molecular flexibility index (Phi) is 2.21. The molecule has 1 aromatic rings. The Balaban J connectivity index is 2.32. The van der Waals surface area contributed by atoms with Gasteiger partial charge in [-0.2, -0.15) is 0 Å². The molecule has 0 heterocycles. The number of hydrogen-bond acceptors (Lipinski definition) is 1. The van der Waals surface area contributed by atoms with Crippen LogP contribution in [-0.2, 0) is 6.67 Å². The summed E-state index contributed by atoms with van der Waals surface area (Å²) in [6.07, 6.45) is 3.69. The lowest BCUT2D eigenvalue weighted by molar-refractivity contribution is 0.407. The van der Waals surface area contributed by atoms with Crippen LogP contribution in [0.4, 0.5) is 10.1 Å². The van der Waals surface area contributed by atoms with Gasteiger partial charge in [-0.1, -0.05) is 12.5 Å². The molecule has 1 nitrogen and oxygen atoms in total. The Morgan fingerprint density at radius 2 is 2.15 bits per heavy atom. The Bertz CT molecular complexity index is 305. The van der Waals surface area contributed by atoms with Gasteiger partial charge in [0, 0.05) is 5.69 Å². The average Bonchev–Trinajstić information content (AvgIpc) is 2.05. The Morgan fingerprint density at radius 3 is 2.69 bits per heavy atom. The van der Waals surface area contributed by atoms with E-state index in [1.807, 2.05) is 12.1 Å². The van der Waals surface area contributed by atoms with Crippen LogP contribution in [0.5, 0.6) is 0 Å². The number of anilines is 1. The lowest BCUT2D eigenvalue weighted by atomic mass is 9.78. The smallest absolute Gasteiger partial charge is 0.115 e. The largest absolute Gasteiger partial charge is 0.399 e.